The van der Waals surface area contributed by atoms with E-state index in [-0.39, 0.29) is 24.8 Å². The fourth-order valence-corrected chi connectivity index (χ4v) is 1.83. The van der Waals surface area contributed by atoms with E-state index in [1.165, 1.54) is 0 Å². The predicted molar refractivity (Wildman–Crippen MR) is 64.7 cm³/mol. The molecule has 0 radical (unpaired) electrons. The van der Waals surface area contributed by atoms with Gasteiger partial charge in [0, 0.05) is 18.7 Å². The molecule has 0 spiro atoms. The summed E-state index contributed by atoms with van der Waals surface area (Å²) in [5.41, 5.74) is 0.841. The molecule has 1 aromatic heterocycles. The van der Waals surface area contributed by atoms with Crippen LogP contribution in [-0.4, -0.2) is 32.9 Å². The number of hydrogen-bond acceptors (Lipinski definition) is 3. The van der Waals surface area contributed by atoms with Gasteiger partial charge in [0.15, 0.2) is 0 Å². The number of pyridine rings is 1. The van der Waals surface area contributed by atoms with Crippen LogP contribution >= 0.6 is 0 Å². The zero-order chi connectivity index (χ0) is 13.0. The molecule has 2 rings (SSSR count). The third-order valence-electron chi connectivity index (χ3n) is 2.92. The van der Waals surface area contributed by atoms with Crippen molar-refractivity contribution in [2.75, 3.05) is 0 Å². The molecule has 1 heterocycles. The lowest BCUT2D eigenvalue weighted by atomic mass is 10.2. The number of hydrogen-bond donors (Lipinski definition) is 1. The summed E-state index contributed by atoms with van der Waals surface area (Å²) >= 11 is 0. The topological polar surface area (TPSA) is 70.5 Å². The van der Waals surface area contributed by atoms with Crippen LogP contribution in [0.25, 0.3) is 0 Å². The maximum absolute atomic E-state index is 12.0. The molecule has 1 aromatic rings. The van der Waals surface area contributed by atoms with Crippen molar-refractivity contribution in [1.82, 2.24) is 9.88 Å². The van der Waals surface area contributed by atoms with E-state index in [2.05, 4.69) is 4.98 Å². The number of carboxylic acids is 1. The number of aromatic nitrogens is 1. The Hall–Kier alpha value is -1.91. The van der Waals surface area contributed by atoms with Crippen LogP contribution < -0.4 is 0 Å². The fourth-order valence-electron chi connectivity index (χ4n) is 1.83. The van der Waals surface area contributed by atoms with E-state index < -0.39 is 5.97 Å². The standard InChI is InChI=1S/C13H16N2O3/c16-12(6-7-13(17)18)15(11-4-5-11)9-10-3-1-2-8-14-10/h1-3,8,11H,4-7,9H2,(H,17,18). The fraction of sp³-hybridized carbons (Fsp3) is 0.462. The highest BCUT2D eigenvalue weighted by Crippen LogP contribution is 2.28. The molecule has 96 valence electrons. The molecular weight excluding hydrogens is 232 g/mol. The second-order valence-electron chi connectivity index (χ2n) is 4.47. The van der Waals surface area contributed by atoms with E-state index in [4.69, 9.17) is 5.11 Å². The maximum atomic E-state index is 12.0. The second-order valence-corrected chi connectivity index (χ2v) is 4.47. The van der Waals surface area contributed by atoms with Crippen LogP contribution in [0.3, 0.4) is 0 Å². The minimum Gasteiger partial charge on any atom is -0.481 e. The number of carbonyl (C=O) groups excluding carboxylic acids is 1. The third-order valence-corrected chi connectivity index (χ3v) is 2.92. The molecule has 0 bridgehead atoms. The molecule has 1 saturated carbocycles. The Labute approximate surface area is 105 Å². The molecule has 1 fully saturated rings. The van der Waals surface area contributed by atoms with Crippen LogP contribution in [0.1, 0.15) is 31.4 Å². The summed E-state index contributed by atoms with van der Waals surface area (Å²) in [7, 11) is 0. The zero-order valence-electron chi connectivity index (χ0n) is 10.1. The third kappa shape index (κ3) is 3.55. The van der Waals surface area contributed by atoms with Gasteiger partial charge in [0.05, 0.1) is 18.7 Å². The van der Waals surface area contributed by atoms with Gasteiger partial charge in [-0.05, 0) is 25.0 Å². The van der Waals surface area contributed by atoms with Crippen molar-refractivity contribution >= 4 is 11.9 Å². The van der Waals surface area contributed by atoms with Crippen molar-refractivity contribution in [1.29, 1.82) is 0 Å². The highest BCUT2D eigenvalue weighted by Gasteiger charge is 2.32. The average molecular weight is 248 g/mol. The summed E-state index contributed by atoms with van der Waals surface area (Å²) in [6.45, 7) is 0.476. The number of amides is 1. The van der Waals surface area contributed by atoms with E-state index in [1.54, 1.807) is 11.1 Å². The summed E-state index contributed by atoms with van der Waals surface area (Å²) < 4.78 is 0. The normalized spacial score (nSPS) is 14.2. The monoisotopic (exact) mass is 248 g/mol. The number of carbonyl (C=O) groups is 2. The molecule has 1 aliphatic rings. The average Bonchev–Trinajstić information content (AvgIpc) is 3.18. The van der Waals surface area contributed by atoms with Gasteiger partial charge >= 0.3 is 5.97 Å². The van der Waals surface area contributed by atoms with Crippen LogP contribution in [0.15, 0.2) is 24.4 Å². The van der Waals surface area contributed by atoms with Gasteiger partial charge in [0.25, 0.3) is 0 Å². The molecule has 5 heteroatoms. The van der Waals surface area contributed by atoms with E-state index in [9.17, 15) is 9.59 Å². The first-order valence-electron chi connectivity index (χ1n) is 6.08. The lowest BCUT2D eigenvalue weighted by Crippen LogP contribution is -2.33. The highest BCUT2D eigenvalue weighted by atomic mass is 16.4. The van der Waals surface area contributed by atoms with Gasteiger partial charge in [-0.2, -0.15) is 0 Å². The van der Waals surface area contributed by atoms with Gasteiger partial charge < -0.3 is 10.0 Å². The molecule has 1 aliphatic carbocycles. The summed E-state index contributed by atoms with van der Waals surface area (Å²) in [6, 6.07) is 5.86. The van der Waals surface area contributed by atoms with E-state index >= 15 is 0 Å². The molecule has 1 N–H and O–H groups in total. The summed E-state index contributed by atoms with van der Waals surface area (Å²) in [4.78, 5) is 28.4. The van der Waals surface area contributed by atoms with Gasteiger partial charge in [0.2, 0.25) is 5.91 Å². The first kappa shape index (κ1) is 12.5. The van der Waals surface area contributed by atoms with Gasteiger partial charge in [-0.15, -0.1) is 0 Å². The lowest BCUT2D eigenvalue weighted by molar-refractivity contribution is -0.141. The molecule has 0 unspecified atom stereocenters. The van der Waals surface area contributed by atoms with E-state index in [0.29, 0.717) is 6.54 Å². The van der Waals surface area contributed by atoms with Crippen LogP contribution in [0.2, 0.25) is 0 Å². The number of carboxylic acid groups (broad SMARTS) is 1. The van der Waals surface area contributed by atoms with Crippen molar-refractivity contribution < 1.29 is 14.7 Å². The Kier molecular flexibility index (Phi) is 3.92. The number of aliphatic carboxylic acids is 1. The van der Waals surface area contributed by atoms with Crippen molar-refractivity contribution in [3.8, 4) is 0 Å². The molecule has 0 aliphatic heterocycles. The Bertz CT molecular complexity index is 429. The van der Waals surface area contributed by atoms with Crippen LogP contribution in [0, 0.1) is 0 Å². The van der Waals surface area contributed by atoms with Crippen LogP contribution in [-0.2, 0) is 16.1 Å². The molecule has 0 saturated heterocycles. The number of rotatable bonds is 6. The van der Waals surface area contributed by atoms with E-state index in [0.717, 1.165) is 18.5 Å². The quantitative estimate of drug-likeness (QED) is 0.827. The minimum absolute atomic E-state index is 0.0681. The van der Waals surface area contributed by atoms with Gasteiger partial charge in [-0.1, -0.05) is 6.07 Å². The Morgan fingerprint density at radius 2 is 2.11 bits per heavy atom. The SMILES string of the molecule is O=C(O)CCC(=O)N(Cc1ccccn1)C1CC1. The summed E-state index contributed by atoms with van der Waals surface area (Å²) in [5, 5.41) is 8.61. The molecule has 5 nitrogen and oxygen atoms in total. The predicted octanol–water partition coefficient (Wildman–Crippen LogP) is 1.44. The Morgan fingerprint density at radius 1 is 1.33 bits per heavy atom. The van der Waals surface area contributed by atoms with Crippen LogP contribution in [0.4, 0.5) is 0 Å². The van der Waals surface area contributed by atoms with Gasteiger partial charge in [-0.3, -0.25) is 14.6 Å². The molecule has 0 atom stereocenters. The maximum Gasteiger partial charge on any atom is 0.303 e. The van der Waals surface area contributed by atoms with Gasteiger partial charge in [-0.25, -0.2) is 0 Å². The van der Waals surface area contributed by atoms with Crippen molar-refractivity contribution in [2.24, 2.45) is 0 Å². The highest BCUT2D eigenvalue weighted by molar-refractivity contribution is 5.81. The largest absolute Gasteiger partial charge is 0.481 e. The summed E-state index contributed by atoms with van der Waals surface area (Å²) in [5.74, 6) is -1.03. The summed E-state index contributed by atoms with van der Waals surface area (Å²) in [6.07, 6.45) is 3.67. The molecule has 1 amide bonds. The van der Waals surface area contributed by atoms with Crippen molar-refractivity contribution in [2.45, 2.75) is 38.3 Å². The molecular formula is C13H16N2O3. The van der Waals surface area contributed by atoms with Gasteiger partial charge in [0.1, 0.15) is 0 Å². The first-order valence-corrected chi connectivity index (χ1v) is 6.08. The smallest absolute Gasteiger partial charge is 0.303 e. The molecule has 18 heavy (non-hydrogen) atoms. The molecule has 0 aromatic carbocycles. The lowest BCUT2D eigenvalue weighted by Gasteiger charge is -2.21. The van der Waals surface area contributed by atoms with Crippen molar-refractivity contribution in [3.05, 3.63) is 30.1 Å². The van der Waals surface area contributed by atoms with Crippen molar-refractivity contribution in [3.63, 3.8) is 0 Å². The number of nitrogens with zero attached hydrogens (tertiary/aromatic N) is 2. The van der Waals surface area contributed by atoms with E-state index in [1.807, 2.05) is 18.2 Å². The second kappa shape index (κ2) is 5.62. The Balaban J connectivity index is 1.95. The Morgan fingerprint density at radius 3 is 2.67 bits per heavy atom. The minimum atomic E-state index is -0.933. The first-order chi connectivity index (χ1) is 8.66. The zero-order valence-corrected chi connectivity index (χ0v) is 10.1. The van der Waals surface area contributed by atoms with Crippen LogP contribution in [0.5, 0.6) is 0 Å².